The highest BCUT2D eigenvalue weighted by Gasteiger charge is 2.00. The van der Waals surface area contributed by atoms with E-state index in [1.807, 2.05) is 0 Å². The van der Waals surface area contributed by atoms with Gasteiger partial charge in [0.2, 0.25) is 5.95 Å². The minimum Gasteiger partial charge on any atom is -0.324 e. The normalized spacial score (nSPS) is 10.1. The van der Waals surface area contributed by atoms with Crippen molar-refractivity contribution in [3.8, 4) is 0 Å². The molecule has 2 N–H and O–H groups in total. The van der Waals surface area contributed by atoms with Gasteiger partial charge in [0.15, 0.2) is 0 Å². The predicted molar refractivity (Wildman–Crippen MR) is 62.4 cm³/mol. The van der Waals surface area contributed by atoms with Crippen molar-refractivity contribution in [2.45, 2.75) is 0 Å². The first-order valence-corrected chi connectivity index (χ1v) is 5.04. The van der Waals surface area contributed by atoms with Gasteiger partial charge in [-0.2, -0.15) is 0 Å². The summed E-state index contributed by atoms with van der Waals surface area (Å²) in [7, 11) is 0. The molecule has 0 bridgehead atoms. The first-order valence-electron chi connectivity index (χ1n) is 4.28. The minimum atomic E-state index is -0.342. The Balaban J connectivity index is 2.30. The molecule has 0 aliphatic heterocycles. The molecule has 0 saturated carbocycles. The molecule has 82 valence electrons. The van der Waals surface area contributed by atoms with Crippen LogP contribution < -0.4 is 10.9 Å². The second-order valence-corrected chi connectivity index (χ2v) is 3.84. The third-order valence-electron chi connectivity index (χ3n) is 1.70. The molecule has 1 aromatic heterocycles. The van der Waals surface area contributed by atoms with Crippen LogP contribution in [0.1, 0.15) is 0 Å². The summed E-state index contributed by atoms with van der Waals surface area (Å²) in [6.45, 7) is 0. The van der Waals surface area contributed by atoms with Gasteiger partial charge in [-0.1, -0.05) is 23.2 Å². The third-order valence-corrected chi connectivity index (χ3v) is 2.14. The number of hydrogen-bond acceptors (Lipinski definition) is 4. The molecule has 2 aromatic rings. The number of rotatable bonds is 2. The molecule has 7 heteroatoms. The van der Waals surface area contributed by atoms with E-state index in [1.54, 1.807) is 18.2 Å². The zero-order chi connectivity index (χ0) is 11.5. The van der Waals surface area contributed by atoms with E-state index in [0.29, 0.717) is 15.7 Å². The number of anilines is 2. The largest absolute Gasteiger partial charge is 0.324 e. The van der Waals surface area contributed by atoms with Crippen LogP contribution in [0, 0.1) is 0 Å². The number of benzene rings is 1. The van der Waals surface area contributed by atoms with Crippen molar-refractivity contribution in [3.63, 3.8) is 0 Å². The summed E-state index contributed by atoms with van der Waals surface area (Å²) in [5.74, 6) is 0.228. The van der Waals surface area contributed by atoms with E-state index in [-0.39, 0.29) is 11.5 Å². The maximum Gasteiger partial charge on any atom is 0.271 e. The number of aromatic amines is 1. The smallest absolute Gasteiger partial charge is 0.271 e. The van der Waals surface area contributed by atoms with E-state index in [9.17, 15) is 4.79 Å². The van der Waals surface area contributed by atoms with E-state index >= 15 is 0 Å². The van der Waals surface area contributed by atoms with Gasteiger partial charge < -0.3 is 5.32 Å². The van der Waals surface area contributed by atoms with E-state index < -0.39 is 0 Å². The Hall–Kier alpha value is -1.59. The van der Waals surface area contributed by atoms with E-state index in [1.165, 1.54) is 0 Å². The van der Waals surface area contributed by atoms with E-state index in [2.05, 4.69) is 20.5 Å². The molecular weight excluding hydrogens is 251 g/mol. The summed E-state index contributed by atoms with van der Waals surface area (Å²) in [5, 5.41) is 11.0. The summed E-state index contributed by atoms with van der Waals surface area (Å²) < 4.78 is 0. The lowest BCUT2D eigenvalue weighted by Gasteiger charge is -2.04. The molecule has 0 aliphatic carbocycles. The van der Waals surface area contributed by atoms with Crippen LogP contribution in [-0.4, -0.2) is 15.2 Å². The second-order valence-electron chi connectivity index (χ2n) is 2.97. The fourth-order valence-corrected chi connectivity index (χ4v) is 1.66. The van der Waals surface area contributed by atoms with Crippen molar-refractivity contribution >= 4 is 34.8 Å². The number of nitrogens with zero attached hydrogens (tertiary/aromatic N) is 2. The van der Waals surface area contributed by atoms with Gasteiger partial charge in [0.05, 0.1) is 0 Å². The summed E-state index contributed by atoms with van der Waals surface area (Å²) in [6, 6.07) is 4.91. The summed E-state index contributed by atoms with van der Waals surface area (Å²) in [4.78, 5) is 13.4. The van der Waals surface area contributed by atoms with Gasteiger partial charge in [-0.25, -0.2) is 0 Å². The maximum absolute atomic E-state index is 11.0. The van der Waals surface area contributed by atoms with Gasteiger partial charge in [-0.05, 0) is 18.2 Å². The van der Waals surface area contributed by atoms with E-state index in [0.717, 1.165) is 6.20 Å². The lowest BCUT2D eigenvalue weighted by Crippen LogP contribution is -2.10. The molecule has 0 aliphatic rings. The van der Waals surface area contributed by atoms with Gasteiger partial charge in [-0.15, -0.1) is 10.2 Å². The van der Waals surface area contributed by atoms with Gasteiger partial charge in [-0.3, -0.25) is 9.78 Å². The topological polar surface area (TPSA) is 70.7 Å². The summed E-state index contributed by atoms with van der Waals surface area (Å²) >= 11 is 11.6. The van der Waals surface area contributed by atoms with Crippen LogP contribution in [0.5, 0.6) is 0 Å². The molecule has 16 heavy (non-hydrogen) atoms. The van der Waals surface area contributed by atoms with Crippen LogP contribution in [-0.2, 0) is 0 Å². The molecule has 0 fully saturated rings. The Morgan fingerprint density at radius 3 is 2.50 bits per heavy atom. The fraction of sp³-hybridized carbons (Fsp3) is 0. The maximum atomic E-state index is 11.0. The molecule has 2 rings (SSSR count). The minimum absolute atomic E-state index is 0.228. The molecular formula is C9H6Cl2N4O. The molecule has 1 heterocycles. The average molecular weight is 257 g/mol. The third kappa shape index (κ3) is 2.71. The van der Waals surface area contributed by atoms with Crippen molar-refractivity contribution in [3.05, 3.63) is 44.8 Å². The molecule has 0 atom stereocenters. The summed E-state index contributed by atoms with van der Waals surface area (Å²) in [6.07, 6.45) is 1.08. The van der Waals surface area contributed by atoms with Gasteiger partial charge in [0.25, 0.3) is 5.56 Å². The van der Waals surface area contributed by atoms with Crippen LogP contribution in [0.4, 0.5) is 11.6 Å². The Morgan fingerprint density at radius 1 is 1.19 bits per heavy atom. The lowest BCUT2D eigenvalue weighted by atomic mass is 10.3. The molecule has 0 spiro atoms. The SMILES string of the molecule is O=c1cnnc(Nc2cc(Cl)cc(Cl)c2)[nH]1. The molecule has 0 radical (unpaired) electrons. The zero-order valence-corrected chi connectivity index (χ0v) is 9.38. The van der Waals surface area contributed by atoms with Crippen molar-refractivity contribution < 1.29 is 0 Å². The molecule has 0 saturated heterocycles. The first kappa shape index (κ1) is 10.9. The van der Waals surface area contributed by atoms with Crippen molar-refractivity contribution in [1.29, 1.82) is 0 Å². The summed E-state index contributed by atoms with van der Waals surface area (Å²) in [5.41, 5.74) is 0.277. The monoisotopic (exact) mass is 256 g/mol. The van der Waals surface area contributed by atoms with Crippen molar-refractivity contribution in [2.75, 3.05) is 5.32 Å². The van der Waals surface area contributed by atoms with Crippen LogP contribution in [0.3, 0.4) is 0 Å². The highest BCUT2D eigenvalue weighted by atomic mass is 35.5. The Morgan fingerprint density at radius 2 is 1.88 bits per heavy atom. The highest BCUT2D eigenvalue weighted by Crippen LogP contribution is 2.23. The second kappa shape index (κ2) is 4.51. The lowest BCUT2D eigenvalue weighted by molar-refractivity contribution is 0.954. The Bertz CT molecular complexity index is 549. The van der Waals surface area contributed by atoms with Gasteiger partial charge in [0, 0.05) is 15.7 Å². The number of H-pyrrole nitrogens is 1. The Kier molecular flexibility index (Phi) is 3.07. The molecule has 0 amide bonds. The van der Waals surface area contributed by atoms with Crippen LogP contribution in [0.25, 0.3) is 0 Å². The predicted octanol–water partition coefficient (Wildman–Crippen LogP) is 2.22. The zero-order valence-electron chi connectivity index (χ0n) is 7.87. The highest BCUT2D eigenvalue weighted by molar-refractivity contribution is 6.35. The first-order chi connectivity index (χ1) is 7.63. The van der Waals surface area contributed by atoms with Gasteiger partial charge in [0.1, 0.15) is 6.20 Å². The molecule has 1 aromatic carbocycles. The molecule has 5 nitrogen and oxygen atoms in total. The van der Waals surface area contributed by atoms with Crippen molar-refractivity contribution in [1.82, 2.24) is 15.2 Å². The van der Waals surface area contributed by atoms with Crippen molar-refractivity contribution in [2.24, 2.45) is 0 Å². The average Bonchev–Trinajstić information content (AvgIpc) is 2.15. The standard InChI is InChI=1S/C9H6Cl2N4O/c10-5-1-6(11)3-7(2-5)13-9-14-8(16)4-12-15-9/h1-4H,(H2,13,14,15,16). The number of halogens is 2. The van der Waals surface area contributed by atoms with Crippen LogP contribution in [0.2, 0.25) is 10.0 Å². The van der Waals surface area contributed by atoms with Crippen LogP contribution in [0.15, 0.2) is 29.2 Å². The van der Waals surface area contributed by atoms with Gasteiger partial charge >= 0.3 is 0 Å². The number of hydrogen-bond donors (Lipinski definition) is 2. The number of aromatic nitrogens is 3. The molecule has 0 unspecified atom stereocenters. The van der Waals surface area contributed by atoms with E-state index in [4.69, 9.17) is 23.2 Å². The quantitative estimate of drug-likeness (QED) is 0.865. The number of nitrogens with one attached hydrogen (secondary N) is 2. The van der Waals surface area contributed by atoms with Crippen LogP contribution >= 0.6 is 23.2 Å². The Labute approximate surface area is 100 Å². The fourth-order valence-electron chi connectivity index (χ4n) is 1.13.